The predicted molar refractivity (Wildman–Crippen MR) is 108 cm³/mol. The van der Waals surface area contributed by atoms with E-state index in [4.69, 9.17) is 10.2 Å². The molecule has 1 aromatic heterocycles. The number of fused-ring (bicyclic) bond motifs is 1. The van der Waals surface area contributed by atoms with Gasteiger partial charge in [-0.2, -0.15) is 5.26 Å². The molecule has 0 unspecified atom stereocenters. The van der Waals surface area contributed by atoms with Crippen LogP contribution < -0.4 is 4.90 Å². The van der Waals surface area contributed by atoms with Crippen molar-refractivity contribution < 1.29 is 4.79 Å². The summed E-state index contributed by atoms with van der Waals surface area (Å²) in [7, 11) is 0. The van der Waals surface area contributed by atoms with E-state index in [1.165, 1.54) is 15.8 Å². The molecule has 1 amide bonds. The molecule has 0 atom stereocenters. The van der Waals surface area contributed by atoms with Crippen LogP contribution in [-0.2, 0) is 0 Å². The highest BCUT2D eigenvalue weighted by Gasteiger charge is 2.24. The third-order valence-electron chi connectivity index (χ3n) is 4.92. The zero-order valence-corrected chi connectivity index (χ0v) is 16.2. The van der Waals surface area contributed by atoms with Crippen molar-refractivity contribution in [1.29, 1.82) is 5.26 Å². The predicted octanol–water partition coefficient (Wildman–Crippen LogP) is 3.75. The Morgan fingerprint density at radius 1 is 1.11 bits per heavy atom. The Bertz CT molecular complexity index is 1040. The van der Waals surface area contributed by atoms with E-state index in [1.54, 1.807) is 35.6 Å². The summed E-state index contributed by atoms with van der Waals surface area (Å²) < 4.78 is 1.22. The zero-order chi connectivity index (χ0) is 19.0. The van der Waals surface area contributed by atoms with Crippen LogP contribution in [0, 0.1) is 25.2 Å². The highest BCUT2D eigenvalue weighted by Crippen LogP contribution is 2.32. The van der Waals surface area contributed by atoms with Gasteiger partial charge in [0, 0.05) is 31.7 Å². The molecule has 3 aromatic rings. The second kappa shape index (κ2) is 7.01. The van der Waals surface area contributed by atoms with Crippen molar-refractivity contribution in [2.45, 2.75) is 13.8 Å². The zero-order valence-electron chi connectivity index (χ0n) is 15.4. The van der Waals surface area contributed by atoms with Crippen LogP contribution in [0.4, 0.5) is 5.13 Å². The van der Waals surface area contributed by atoms with E-state index in [2.05, 4.69) is 36.9 Å². The summed E-state index contributed by atoms with van der Waals surface area (Å²) in [5, 5.41) is 9.91. The van der Waals surface area contributed by atoms with Crippen LogP contribution in [0.15, 0.2) is 36.4 Å². The van der Waals surface area contributed by atoms with Crippen LogP contribution in [0.2, 0.25) is 0 Å². The van der Waals surface area contributed by atoms with E-state index in [0.29, 0.717) is 24.2 Å². The first kappa shape index (κ1) is 17.5. The van der Waals surface area contributed by atoms with Crippen LogP contribution in [0.5, 0.6) is 0 Å². The van der Waals surface area contributed by atoms with Gasteiger partial charge in [-0.3, -0.25) is 4.79 Å². The second-order valence-corrected chi connectivity index (χ2v) is 7.90. The summed E-state index contributed by atoms with van der Waals surface area (Å²) in [6, 6.07) is 13.3. The van der Waals surface area contributed by atoms with Crippen molar-refractivity contribution >= 4 is 32.6 Å². The minimum absolute atomic E-state index is 0.0231. The van der Waals surface area contributed by atoms with Gasteiger partial charge in [0.2, 0.25) is 0 Å². The van der Waals surface area contributed by atoms with Gasteiger partial charge in [-0.25, -0.2) is 4.98 Å². The van der Waals surface area contributed by atoms with E-state index >= 15 is 0 Å². The molecular weight excluding hydrogens is 356 g/mol. The number of nitrogens with zero attached hydrogens (tertiary/aromatic N) is 4. The number of anilines is 1. The third kappa shape index (κ3) is 3.38. The van der Waals surface area contributed by atoms with Crippen molar-refractivity contribution in [2.24, 2.45) is 0 Å². The van der Waals surface area contributed by atoms with E-state index in [-0.39, 0.29) is 5.91 Å². The number of carbonyl (C=O) groups is 1. The molecule has 0 spiro atoms. The van der Waals surface area contributed by atoms with Gasteiger partial charge >= 0.3 is 0 Å². The lowest BCUT2D eigenvalue weighted by Crippen LogP contribution is -2.48. The molecule has 6 heteroatoms. The molecule has 1 aliphatic heterocycles. The standard InChI is InChI=1S/C21H20N4OS/c1-14-11-15(2)19-18(12-14)27-21(23-19)25-9-7-24(8-10-25)20(26)17-5-3-16(13-22)4-6-17/h3-6,11-12H,7-10H2,1-2H3. The summed E-state index contributed by atoms with van der Waals surface area (Å²) >= 11 is 1.72. The molecule has 1 fully saturated rings. The Morgan fingerprint density at radius 3 is 2.48 bits per heavy atom. The number of hydrogen-bond acceptors (Lipinski definition) is 5. The summed E-state index contributed by atoms with van der Waals surface area (Å²) in [4.78, 5) is 21.7. The molecule has 27 heavy (non-hydrogen) atoms. The number of piperazine rings is 1. The maximum atomic E-state index is 12.7. The molecule has 5 nitrogen and oxygen atoms in total. The molecule has 0 aliphatic carbocycles. The van der Waals surface area contributed by atoms with Crippen LogP contribution >= 0.6 is 11.3 Å². The number of aryl methyl sites for hydroxylation is 2. The van der Waals surface area contributed by atoms with Crippen LogP contribution in [0.25, 0.3) is 10.2 Å². The molecule has 0 bridgehead atoms. The lowest BCUT2D eigenvalue weighted by molar-refractivity contribution is 0.0747. The number of amides is 1. The monoisotopic (exact) mass is 376 g/mol. The first-order valence-corrected chi connectivity index (χ1v) is 9.79. The molecule has 2 aromatic carbocycles. The van der Waals surface area contributed by atoms with E-state index in [0.717, 1.165) is 23.7 Å². The summed E-state index contributed by atoms with van der Waals surface area (Å²) in [5.41, 5.74) is 4.75. The Kier molecular flexibility index (Phi) is 4.54. The summed E-state index contributed by atoms with van der Waals surface area (Å²) in [6.45, 7) is 7.12. The quantitative estimate of drug-likeness (QED) is 0.683. The number of nitriles is 1. The van der Waals surface area contributed by atoms with E-state index < -0.39 is 0 Å². The van der Waals surface area contributed by atoms with Gasteiger partial charge in [0.05, 0.1) is 21.8 Å². The molecule has 1 aliphatic rings. The first-order chi connectivity index (χ1) is 13.0. The number of carbonyl (C=O) groups excluding carboxylic acids is 1. The fourth-order valence-corrected chi connectivity index (χ4v) is 4.66. The third-order valence-corrected chi connectivity index (χ3v) is 5.98. The average Bonchev–Trinajstić information content (AvgIpc) is 3.12. The van der Waals surface area contributed by atoms with Gasteiger partial charge in [-0.05, 0) is 55.3 Å². The Morgan fingerprint density at radius 2 is 1.81 bits per heavy atom. The molecule has 0 radical (unpaired) electrons. The fraction of sp³-hybridized carbons (Fsp3) is 0.286. The molecule has 0 saturated carbocycles. The summed E-state index contributed by atoms with van der Waals surface area (Å²) in [5.74, 6) is 0.0231. The largest absolute Gasteiger partial charge is 0.345 e. The van der Waals surface area contributed by atoms with Gasteiger partial charge in [0.15, 0.2) is 5.13 Å². The summed E-state index contributed by atoms with van der Waals surface area (Å²) in [6.07, 6.45) is 0. The van der Waals surface area contributed by atoms with Crippen LogP contribution in [0.3, 0.4) is 0 Å². The van der Waals surface area contributed by atoms with Crippen molar-refractivity contribution in [3.05, 3.63) is 58.7 Å². The van der Waals surface area contributed by atoms with Crippen LogP contribution in [0.1, 0.15) is 27.0 Å². The van der Waals surface area contributed by atoms with Gasteiger partial charge in [0.1, 0.15) is 0 Å². The van der Waals surface area contributed by atoms with Crippen molar-refractivity contribution in [3.63, 3.8) is 0 Å². The smallest absolute Gasteiger partial charge is 0.253 e. The SMILES string of the molecule is Cc1cc(C)c2nc(N3CCN(C(=O)c4ccc(C#N)cc4)CC3)sc2c1. The highest BCUT2D eigenvalue weighted by molar-refractivity contribution is 7.22. The lowest BCUT2D eigenvalue weighted by Gasteiger charge is -2.34. The maximum Gasteiger partial charge on any atom is 0.253 e. The topological polar surface area (TPSA) is 60.2 Å². The van der Waals surface area contributed by atoms with E-state index in [9.17, 15) is 4.79 Å². The Hall–Kier alpha value is -2.91. The number of benzene rings is 2. The van der Waals surface area contributed by atoms with E-state index in [1.807, 2.05) is 4.90 Å². The van der Waals surface area contributed by atoms with Gasteiger partial charge < -0.3 is 9.80 Å². The van der Waals surface area contributed by atoms with Crippen molar-refractivity contribution in [2.75, 3.05) is 31.1 Å². The second-order valence-electron chi connectivity index (χ2n) is 6.89. The van der Waals surface area contributed by atoms with Gasteiger partial charge in [-0.15, -0.1) is 0 Å². The first-order valence-electron chi connectivity index (χ1n) is 8.97. The molecule has 0 N–H and O–H groups in total. The fourth-order valence-electron chi connectivity index (χ4n) is 3.46. The molecule has 1 saturated heterocycles. The minimum atomic E-state index is 0.0231. The highest BCUT2D eigenvalue weighted by atomic mass is 32.1. The molecule has 4 rings (SSSR count). The maximum absolute atomic E-state index is 12.7. The van der Waals surface area contributed by atoms with Gasteiger partial charge in [-0.1, -0.05) is 17.4 Å². The molecule has 2 heterocycles. The van der Waals surface area contributed by atoms with Gasteiger partial charge in [0.25, 0.3) is 5.91 Å². The number of rotatable bonds is 2. The minimum Gasteiger partial charge on any atom is -0.345 e. The van der Waals surface area contributed by atoms with Crippen LogP contribution in [-0.4, -0.2) is 42.0 Å². The average molecular weight is 376 g/mol. The normalized spacial score (nSPS) is 14.4. The molecular formula is C21H20N4OS. The molecule has 136 valence electrons. The Balaban J connectivity index is 1.46. The number of aromatic nitrogens is 1. The lowest BCUT2D eigenvalue weighted by atomic mass is 10.1. The Labute approximate surface area is 162 Å². The number of thiazole rings is 1. The van der Waals surface area contributed by atoms with Crippen molar-refractivity contribution in [3.8, 4) is 6.07 Å². The van der Waals surface area contributed by atoms with Crippen molar-refractivity contribution in [1.82, 2.24) is 9.88 Å². The number of hydrogen-bond donors (Lipinski definition) is 0.